The maximum atomic E-state index is 5.48. The Morgan fingerprint density at radius 2 is 2.19 bits per heavy atom. The van der Waals surface area contributed by atoms with Crippen molar-refractivity contribution in [2.45, 2.75) is 65.4 Å². The van der Waals surface area contributed by atoms with Crippen LogP contribution in [0.3, 0.4) is 0 Å². The summed E-state index contributed by atoms with van der Waals surface area (Å²) in [5.74, 6) is 1.73. The van der Waals surface area contributed by atoms with Gasteiger partial charge in [0.25, 0.3) is 0 Å². The maximum absolute atomic E-state index is 5.48. The van der Waals surface area contributed by atoms with Crippen molar-refractivity contribution in [3.8, 4) is 0 Å². The fourth-order valence-electron chi connectivity index (χ4n) is 2.42. The Labute approximate surface area is 101 Å². The fourth-order valence-corrected chi connectivity index (χ4v) is 2.42. The molecule has 0 bridgehead atoms. The van der Waals surface area contributed by atoms with Crippen molar-refractivity contribution in [2.24, 2.45) is 11.8 Å². The summed E-state index contributed by atoms with van der Waals surface area (Å²) in [4.78, 5) is 0. The number of ether oxygens (including phenoxy) is 1. The van der Waals surface area contributed by atoms with E-state index in [1.165, 1.54) is 32.1 Å². The molecule has 1 rings (SSSR count). The molecule has 0 saturated heterocycles. The van der Waals surface area contributed by atoms with E-state index in [1.807, 2.05) is 7.11 Å². The topological polar surface area (TPSA) is 9.23 Å². The molecule has 0 saturated carbocycles. The van der Waals surface area contributed by atoms with Gasteiger partial charge in [-0.05, 0) is 64.7 Å². The van der Waals surface area contributed by atoms with Gasteiger partial charge >= 0.3 is 0 Å². The van der Waals surface area contributed by atoms with Gasteiger partial charge in [0.15, 0.2) is 0 Å². The molecular weight excluding hydrogens is 196 g/mol. The highest BCUT2D eigenvalue weighted by Crippen LogP contribution is 2.32. The van der Waals surface area contributed by atoms with Crippen molar-refractivity contribution in [3.63, 3.8) is 0 Å². The molecule has 0 aromatic heterocycles. The summed E-state index contributed by atoms with van der Waals surface area (Å²) in [6, 6.07) is 0. The Bertz CT molecular complexity index is 240. The van der Waals surface area contributed by atoms with Crippen molar-refractivity contribution >= 4 is 0 Å². The Morgan fingerprint density at radius 1 is 1.50 bits per heavy atom. The highest BCUT2D eigenvalue weighted by Gasteiger charge is 2.23. The third-order valence-corrected chi connectivity index (χ3v) is 4.24. The molecule has 0 heterocycles. The SMILES string of the molecule is COC(C)(C)CCC(C)C1CC=C(C)CC1. The Kier molecular flexibility index (Phi) is 5.04. The molecule has 1 heteroatoms. The van der Waals surface area contributed by atoms with Crippen LogP contribution in [0, 0.1) is 11.8 Å². The molecule has 0 amide bonds. The standard InChI is InChI=1S/C15H28O/c1-12-6-8-14(9-7-12)13(2)10-11-15(3,4)16-5/h6,13-14H,7-11H2,1-5H3. The van der Waals surface area contributed by atoms with E-state index in [0.29, 0.717) is 0 Å². The summed E-state index contributed by atoms with van der Waals surface area (Å²) in [6.45, 7) is 9.04. The van der Waals surface area contributed by atoms with E-state index in [-0.39, 0.29) is 5.60 Å². The predicted octanol–water partition coefficient (Wildman–Crippen LogP) is 4.57. The highest BCUT2D eigenvalue weighted by atomic mass is 16.5. The zero-order chi connectivity index (χ0) is 12.2. The van der Waals surface area contributed by atoms with Crippen LogP contribution in [0.5, 0.6) is 0 Å². The van der Waals surface area contributed by atoms with Crippen molar-refractivity contribution in [3.05, 3.63) is 11.6 Å². The van der Waals surface area contributed by atoms with Gasteiger partial charge in [-0.3, -0.25) is 0 Å². The number of hydrogen-bond donors (Lipinski definition) is 0. The molecule has 1 nitrogen and oxygen atoms in total. The van der Waals surface area contributed by atoms with Gasteiger partial charge in [0.1, 0.15) is 0 Å². The molecule has 0 spiro atoms. The number of allylic oxidation sites excluding steroid dienone is 2. The van der Waals surface area contributed by atoms with Crippen molar-refractivity contribution in [2.75, 3.05) is 7.11 Å². The van der Waals surface area contributed by atoms with Crippen LogP contribution in [0.25, 0.3) is 0 Å². The summed E-state index contributed by atoms with van der Waals surface area (Å²) in [5, 5.41) is 0. The zero-order valence-corrected chi connectivity index (χ0v) is 11.7. The van der Waals surface area contributed by atoms with Gasteiger partial charge in [-0.1, -0.05) is 18.6 Å². The summed E-state index contributed by atoms with van der Waals surface area (Å²) < 4.78 is 5.48. The lowest BCUT2D eigenvalue weighted by atomic mass is 9.79. The van der Waals surface area contributed by atoms with Crippen LogP contribution >= 0.6 is 0 Å². The van der Waals surface area contributed by atoms with Crippen LogP contribution < -0.4 is 0 Å². The van der Waals surface area contributed by atoms with Gasteiger partial charge in [0, 0.05) is 7.11 Å². The molecule has 1 aliphatic rings. The fraction of sp³-hybridized carbons (Fsp3) is 0.867. The maximum Gasteiger partial charge on any atom is 0.0622 e. The Balaban J connectivity index is 2.33. The molecule has 2 unspecified atom stereocenters. The number of rotatable bonds is 5. The van der Waals surface area contributed by atoms with Gasteiger partial charge in [-0.15, -0.1) is 0 Å². The first-order valence-corrected chi connectivity index (χ1v) is 6.65. The summed E-state index contributed by atoms with van der Waals surface area (Å²) in [6.07, 6.45) is 8.88. The van der Waals surface area contributed by atoms with E-state index < -0.39 is 0 Å². The lowest BCUT2D eigenvalue weighted by Crippen LogP contribution is -2.24. The lowest BCUT2D eigenvalue weighted by molar-refractivity contribution is 0.00870. The Morgan fingerprint density at radius 3 is 2.69 bits per heavy atom. The number of hydrogen-bond acceptors (Lipinski definition) is 1. The molecule has 0 aliphatic heterocycles. The molecule has 16 heavy (non-hydrogen) atoms. The average Bonchev–Trinajstić information content (AvgIpc) is 2.27. The number of methoxy groups -OCH3 is 1. The Hall–Kier alpha value is -0.300. The van der Waals surface area contributed by atoms with E-state index in [9.17, 15) is 0 Å². The second-order valence-corrected chi connectivity index (χ2v) is 6.06. The van der Waals surface area contributed by atoms with E-state index in [1.54, 1.807) is 5.57 Å². The first kappa shape index (κ1) is 13.8. The molecular formula is C15H28O. The summed E-state index contributed by atoms with van der Waals surface area (Å²) in [5.41, 5.74) is 1.63. The monoisotopic (exact) mass is 224 g/mol. The second-order valence-electron chi connectivity index (χ2n) is 6.06. The van der Waals surface area contributed by atoms with Crippen LogP contribution in [-0.2, 0) is 4.74 Å². The third kappa shape index (κ3) is 4.29. The normalized spacial score (nSPS) is 24.1. The van der Waals surface area contributed by atoms with Crippen molar-refractivity contribution in [1.29, 1.82) is 0 Å². The van der Waals surface area contributed by atoms with Crippen LogP contribution in [0.15, 0.2) is 11.6 Å². The first-order chi connectivity index (χ1) is 7.44. The molecule has 94 valence electrons. The highest BCUT2D eigenvalue weighted by molar-refractivity contribution is 5.03. The quantitative estimate of drug-likeness (QED) is 0.621. The largest absolute Gasteiger partial charge is 0.379 e. The van der Waals surface area contributed by atoms with E-state index in [0.717, 1.165) is 11.8 Å². The van der Waals surface area contributed by atoms with Crippen LogP contribution in [-0.4, -0.2) is 12.7 Å². The summed E-state index contributed by atoms with van der Waals surface area (Å²) >= 11 is 0. The predicted molar refractivity (Wildman–Crippen MR) is 70.6 cm³/mol. The summed E-state index contributed by atoms with van der Waals surface area (Å²) in [7, 11) is 1.82. The van der Waals surface area contributed by atoms with Crippen molar-refractivity contribution in [1.82, 2.24) is 0 Å². The second kappa shape index (κ2) is 5.86. The minimum Gasteiger partial charge on any atom is -0.379 e. The average molecular weight is 224 g/mol. The van der Waals surface area contributed by atoms with Gasteiger partial charge in [-0.25, -0.2) is 0 Å². The lowest BCUT2D eigenvalue weighted by Gasteiger charge is -2.30. The smallest absolute Gasteiger partial charge is 0.0622 e. The van der Waals surface area contributed by atoms with E-state index in [2.05, 4.69) is 33.8 Å². The third-order valence-electron chi connectivity index (χ3n) is 4.24. The minimum atomic E-state index is 0.0503. The van der Waals surface area contributed by atoms with E-state index in [4.69, 9.17) is 4.74 Å². The van der Waals surface area contributed by atoms with Gasteiger partial charge in [-0.2, -0.15) is 0 Å². The molecule has 1 aliphatic carbocycles. The van der Waals surface area contributed by atoms with E-state index >= 15 is 0 Å². The van der Waals surface area contributed by atoms with Gasteiger partial charge in [0.2, 0.25) is 0 Å². The molecule has 0 aromatic carbocycles. The minimum absolute atomic E-state index is 0.0503. The molecule has 2 atom stereocenters. The zero-order valence-electron chi connectivity index (χ0n) is 11.7. The van der Waals surface area contributed by atoms with Crippen LogP contribution in [0.4, 0.5) is 0 Å². The van der Waals surface area contributed by atoms with Gasteiger partial charge < -0.3 is 4.74 Å². The molecule has 0 fully saturated rings. The van der Waals surface area contributed by atoms with Crippen LogP contribution in [0.1, 0.15) is 59.8 Å². The van der Waals surface area contributed by atoms with Crippen molar-refractivity contribution < 1.29 is 4.74 Å². The van der Waals surface area contributed by atoms with Crippen LogP contribution in [0.2, 0.25) is 0 Å². The molecule has 0 radical (unpaired) electrons. The first-order valence-electron chi connectivity index (χ1n) is 6.65. The molecule has 0 N–H and O–H groups in total. The van der Waals surface area contributed by atoms with Gasteiger partial charge in [0.05, 0.1) is 5.60 Å². The molecule has 0 aromatic rings.